The Balaban J connectivity index is 1.50. The maximum Gasteiger partial charge on any atom is 0.261 e. The first kappa shape index (κ1) is 30.2. The minimum absolute atomic E-state index is 0.0274. The Morgan fingerprint density at radius 1 is 0.810 bits per heavy atom. The lowest BCUT2D eigenvalue weighted by molar-refractivity contribution is -0.142. The zero-order valence-corrected chi connectivity index (χ0v) is 23.5. The van der Waals surface area contributed by atoms with E-state index in [-0.39, 0.29) is 35.2 Å². The fourth-order valence-electron chi connectivity index (χ4n) is 4.18. The predicted octanol–water partition coefficient (Wildman–Crippen LogP) is 4.53. The van der Waals surface area contributed by atoms with Crippen LogP contribution in [-0.4, -0.2) is 44.8 Å². The molecule has 0 unspecified atom stereocenters. The van der Waals surface area contributed by atoms with Gasteiger partial charge in [0.1, 0.15) is 23.4 Å². The molecule has 0 saturated heterocycles. The smallest absolute Gasteiger partial charge is 0.261 e. The lowest BCUT2D eigenvalue weighted by atomic mass is 10.0. The molecule has 4 aromatic rings. The molecular weight excluding hydrogens is 564 g/mol. The molecule has 1 atom stereocenters. The number of amides is 2. The lowest BCUT2D eigenvalue weighted by Gasteiger charge is -2.31. The summed E-state index contributed by atoms with van der Waals surface area (Å²) in [4.78, 5) is 27.8. The van der Waals surface area contributed by atoms with E-state index in [1.54, 1.807) is 12.1 Å². The molecule has 218 valence electrons. The first-order valence-electron chi connectivity index (χ1n) is 13.0. The lowest BCUT2D eigenvalue weighted by Crippen LogP contribution is -2.51. The normalized spacial score (nSPS) is 11.8. The van der Waals surface area contributed by atoms with Crippen molar-refractivity contribution in [3.05, 3.63) is 126 Å². The number of nitrogens with zero attached hydrogens (tertiary/aromatic N) is 1. The summed E-state index contributed by atoms with van der Waals surface area (Å²) in [5, 5.41) is 2.61. The number of benzene rings is 4. The highest BCUT2D eigenvalue weighted by Crippen LogP contribution is 2.21. The summed E-state index contributed by atoms with van der Waals surface area (Å²) in [5.41, 5.74) is 1.66. The second-order valence-corrected chi connectivity index (χ2v) is 11.0. The predicted molar refractivity (Wildman–Crippen MR) is 154 cm³/mol. The van der Waals surface area contributed by atoms with Gasteiger partial charge in [-0.05, 0) is 71.8 Å². The van der Waals surface area contributed by atoms with Gasteiger partial charge in [-0.25, -0.2) is 17.2 Å². The highest BCUT2D eigenvalue weighted by atomic mass is 32.2. The van der Waals surface area contributed by atoms with Crippen molar-refractivity contribution in [2.24, 2.45) is 0 Å². The molecule has 0 aromatic heterocycles. The fourth-order valence-corrected chi connectivity index (χ4v) is 5.24. The summed E-state index contributed by atoms with van der Waals surface area (Å²) >= 11 is 0. The van der Waals surface area contributed by atoms with Gasteiger partial charge in [0.25, 0.3) is 15.9 Å². The summed E-state index contributed by atoms with van der Waals surface area (Å²) in [6.07, 6.45) is 0.237. The van der Waals surface area contributed by atoms with Crippen molar-refractivity contribution in [1.82, 2.24) is 10.2 Å². The maximum atomic E-state index is 13.5. The highest BCUT2D eigenvalue weighted by Gasteiger charge is 2.30. The average molecular weight is 594 g/mol. The van der Waals surface area contributed by atoms with E-state index >= 15 is 0 Å². The largest absolute Gasteiger partial charge is 0.484 e. The minimum Gasteiger partial charge on any atom is -0.484 e. The van der Waals surface area contributed by atoms with Crippen molar-refractivity contribution >= 4 is 27.5 Å². The Morgan fingerprint density at radius 3 is 2.00 bits per heavy atom. The molecule has 0 bridgehead atoms. The van der Waals surface area contributed by atoms with Crippen LogP contribution in [0.25, 0.3) is 0 Å². The van der Waals surface area contributed by atoms with Gasteiger partial charge in [-0.15, -0.1) is 0 Å². The van der Waals surface area contributed by atoms with Gasteiger partial charge in [-0.2, -0.15) is 0 Å². The van der Waals surface area contributed by atoms with Crippen LogP contribution in [0.5, 0.6) is 5.75 Å². The van der Waals surface area contributed by atoms with Gasteiger partial charge in [0.2, 0.25) is 5.91 Å². The van der Waals surface area contributed by atoms with Gasteiger partial charge >= 0.3 is 0 Å². The van der Waals surface area contributed by atoms with Crippen LogP contribution in [0.3, 0.4) is 0 Å². The van der Waals surface area contributed by atoms with Crippen molar-refractivity contribution in [2.75, 3.05) is 18.4 Å². The van der Waals surface area contributed by atoms with E-state index in [1.165, 1.54) is 60.5 Å². The fraction of sp³-hybridized carbons (Fsp3) is 0.161. The van der Waals surface area contributed by atoms with Crippen LogP contribution < -0.4 is 14.8 Å². The number of hydrogen-bond donors (Lipinski definition) is 2. The summed E-state index contributed by atoms with van der Waals surface area (Å²) in [7, 11) is -2.47. The molecule has 0 aliphatic carbocycles. The Morgan fingerprint density at radius 2 is 1.40 bits per heavy atom. The zero-order chi connectivity index (χ0) is 30.1. The minimum atomic E-state index is -3.95. The molecule has 0 aliphatic rings. The van der Waals surface area contributed by atoms with E-state index in [1.807, 2.05) is 30.3 Å². The van der Waals surface area contributed by atoms with Crippen LogP contribution in [-0.2, 0) is 32.6 Å². The monoisotopic (exact) mass is 593 g/mol. The molecule has 4 aromatic carbocycles. The second-order valence-electron chi connectivity index (χ2n) is 9.34. The number of carbonyl (C=O) groups is 2. The number of carbonyl (C=O) groups excluding carboxylic acids is 2. The molecular formula is C31H29F2N3O5S. The van der Waals surface area contributed by atoms with E-state index in [2.05, 4.69) is 10.0 Å². The molecule has 2 amide bonds. The zero-order valence-electron chi connectivity index (χ0n) is 22.7. The van der Waals surface area contributed by atoms with Crippen molar-refractivity contribution in [2.45, 2.75) is 23.9 Å². The number of anilines is 1. The average Bonchev–Trinajstić information content (AvgIpc) is 3.00. The summed E-state index contributed by atoms with van der Waals surface area (Å²) in [5.74, 6) is -1.57. The summed E-state index contributed by atoms with van der Waals surface area (Å²) in [6.45, 7) is -0.414. The third-order valence-electron chi connectivity index (χ3n) is 6.38. The van der Waals surface area contributed by atoms with Gasteiger partial charge in [-0.1, -0.05) is 42.5 Å². The molecule has 0 saturated carbocycles. The molecule has 42 heavy (non-hydrogen) atoms. The van der Waals surface area contributed by atoms with Crippen LogP contribution in [0.4, 0.5) is 14.5 Å². The van der Waals surface area contributed by atoms with Crippen molar-refractivity contribution in [3.8, 4) is 5.75 Å². The first-order valence-corrected chi connectivity index (χ1v) is 14.4. The molecule has 0 radical (unpaired) electrons. The van der Waals surface area contributed by atoms with Crippen molar-refractivity contribution < 1.29 is 31.5 Å². The standard InChI is InChI=1S/C31H29F2N3O5S/c1-34-31(38)29(19-22-5-3-2-4-6-22)36(20-23-7-9-24(32)10-8-23)30(37)21-41-27-15-17-28(18-16-27)42(39,40)35-26-13-11-25(33)12-14-26/h2-18,29,35H,19-21H2,1H3,(H,34,38)/t29-/m1/s1. The third kappa shape index (κ3) is 8.14. The Hall–Kier alpha value is -4.77. The van der Waals surface area contributed by atoms with Crippen LogP contribution in [0, 0.1) is 11.6 Å². The number of sulfonamides is 1. The quantitative estimate of drug-likeness (QED) is 0.251. The van der Waals surface area contributed by atoms with E-state index < -0.39 is 40.2 Å². The summed E-state index contributed by atoms with van der Waals surface area (Å²) < 4.78 is 60.1. The van der Waals surface area contributed by atoms with Gasteiger partial charge < -0.3 is 15.0 Å². The Kier molecular flexibility index (Phi) is 9.87. The first-order chi connectivity index (χ1) is 20.1. The van der Waals surface area contributed by atoms with Crippen molar-refractivity contribution in [1.29, 1.82) is 0 Å². The summed E-state index contributed by atoms with van der Waals surface area (Å²) in [6, 6.07) is 24.3. The van der Waals surface area contributed by atoms with Crippen LogP contribution in [0.2, 0.25) is 0 Å². The molecule has 4 rings (SSSR count). The highest BCUT2D eigenvalue weighted by molar-refractivity contribution is 7.92. The molecule has 0 fully saturated rings. The number of halogens is 2. The van der Waals surface area contributed by atoms with Gasteiger partial charge in [0.05, 0.1) is 4.90 Å². The molecule has 0 aliphatic heterocycles. The van der Waals surface area contributed by atoms with E-state index in [0.29, 0.717) is 5.56 Å². The van der Waals surface area contributed by atoms with Gasteiger partial charge in [0, 0.05) is 25.7 Å². The topological polar surface area (TPSA) is 105 Å². The SMILES string of the molecule is CNC(=O)[C@@H](Cc1ccccc1)N(Cc1ccc(F)cc1)C(=O)COc1ccc(S(=O)(=O)Nc2ccc(F)cc2)cc1. The number of hydrogen-bond acceptors (Lipinski definition) is 5. The van der Waals surface area contributed by atoms with Gasteiger partial charge in [0.15, 0.2) is 6.61 Å². The third-order valence-corrected chi connectivity index (χ3v) is 7.77. The molecule has 0 heterocycles. The Labute approximate surface area is 243 Å². The second kappa shape index (κ2) is 13.7. The number of nitrogens with one attached hydrogen (secondary N) is 2. The molecule has 2 N–H and O–H groups in total. The number of ether oxygens (including phenoxy) is 1. The van der Waals surface area contributed by atoms with E-state index in [4.69, 9.17) is 4.74 Å². The van der Waals surface area contributed by atoms with Crippen molar-refractivity contribution in [3.63, 3.8) is 0 Å². The molecule has 8 nitrogen and oxygen atoms in total. The van der Waals surface area contributed by atoms with E-state index in [9.17, 15) is 26.8 Å². The van der Waals surface area contributed by atoms with Crippen LogP contribution in [0.15, 0.2) is 108 Å². The van der Waals surface area contributed by atoms with E-state index in [0.717, 1.165) is 17.7 Å². The number of likely N-dealkylation sites (N-methyl/N-ethyl adjacent to an activating group) is 1. The van der Waals surface area contributed by atoms with Crippen LogP contribution >= 0.6 is 0 Å². The number of rotatable bonds is 12. The van der Waals surface area contributed by atoms with Crippen LogP contribution in [0.1, 0.15) is 11.1 Å². The Bertz CT molecular complexity index is 1600. The molecule has 0 spiro atoms. The van der Waals surface area contributed by atoms with Gasteiger partial charge in [-0.3, -0.25) is 14.3 Å². The maximum absolute atomic E-state index is 13.5. The molecule has 11 heteroatoms.